The third-order valence-corrected chi connectivity index (χ3v) is 2.06. The number of hydrazine groups is 1. The van der Waals surface area contributed by atoms with E-state index in [4.69, 9.17) is 10.6 Å². The highest BCUT2D eigenvalue weighted by Crippen LogP contribution is 2.10. The summed E-state index contributed by atoms with van der Waals surface area (Å²) in [6, 6.07) is 5.83. The summed E-state index contributed by atoms with van der Waals surface area (Å²) in [4.78, 5) is 4.40. The molecule has 1 rings (SSSR count). The van der Waals surface area contributed by atoms with Crippen molar-refractivity contribution in [2.75, 3.05) is 6.61 Å². The van der Waals surface area contributed by atoms with Gasteiger partial charge in [-0.2, -0.15) is 0 Å². The molecule has 15 heavy (non-hydrogen) atoms. The summed E-state index contributed by atoms with van der Waals surface area (Å²) in [5, 5.41) is 0. The van der Waals surface area contributed by atoms with Gasteiger partial charge in [0.25, 0.3) is 0 Å². The lowest BCUT2D eigenvalue weighted by molar-refractivity contribution is 0.0603. The van der Waals surface area contributed by atoms with Gasteiger partial charge in [-0.3, -0.25) is 10.8 Å². The molecule has 0 saturated heterocycles. The lowest BCUT2D eigenvalue weighted by atomic mass is 10.2. The van der Waals surface area contributed by atoms with Gasteiger partial charge < -0.3 is 4.74 Å². The third-order valence-electron chi connectivity index (χ3n) is 2.06. The molecular weight excluding hydrogens is 190 g/mol. The summed E-state index contributed by atoms with van der Waals surface area (Å²) in [6.07, 6.45) is 0.200. The lowest BCUT2D eigenvalue weighted by Gasteiger charge is -2.17. The van der Waals surface area contributed by atoms with E-state index in [9.17, 15) is 0 Å². The first-order valence-corrected chi connectivity index (χ1v) is 5.14. The molecule has 4 nitrogen and oxygen atoms in total. The molecule has 1 unspecified atom stereocenters. The molecule has 0 fully saturated rings. The first-order chi connectivity index (χ1) is 7.13. The van der Waals surface area contributed by atoms with Crippen molar-refractivity contribution in [2.45, 2.75) is 32.9 Å². The molecular formula is C11H19N3O. The zero-order valence-corrected chi connectivity index (χ0v) is 9.53. The molecule has 1 heterocycles. The van der Waals surface area contributed by atoms with Crippen molar-refractivity contribution in [3.8, 4) is 0 Å². The van der Waals surface area contributed by atoms with Crippen molar-refractivity contribution < 1.29 is 4.74 Å². The van der Waals surface area contributed by atoms with Crippen molar-refractivity contribution in [1.82, 2.24) is 10.4 Å². The Morgan fingerprint density at radius 3 is 2.73 bits per heavy atom. The maximum atomic E-state index is 5.51. The van der Waals surface area contributed by atoms with Crippen molar-refractivity contribution in [3.63, 3.8) is 0 Å². The minimum Gasteiger partial charge on any atom is -0.377 e. The van der Waals surface area contributed by atoms with E-state index < -0.39 is 0 Å². The summed E-state index contributed by atoms with van der Waals surface area (Å²) >= 11 is 0. The van der Waals surface area contributed by atoms with Crippen LogP contribution in [0.3, 0.4) is 0 Å². The summed E-state index contributed by atoms with van der Waals surface area (Å²) in [7, 11) is 0. The molecule has 0 spiro atoms. The fraction of sp³-hybridized carbons (Fsp3) is 0.545. The number of hydrogen-bond donors (Lipinski definition) is 2. The van der Waals surface area contributed by atoms with Crippen LogP contribution in [0.2, 0.25) is 0 Å². The van der Waals surface area contributed by atoms with Gasteiger partial charge in [0.15, 0.2) is 0 Å². The minimum absolute atomic E-state index is 0.0488. The van der Waals surface area contributed by atoms with Crippen LogP contribution in [0.15, 0.2) is 18.2 Å². The second-order valence-corrected chi connectivity index (χ2v) is 3.81. The molecule has 0 aliphatic carbocycles. The predicted molar refractivity (Wildman–Crippen MR) is 60.1 cm³/mol. The lowest BCUT2D eigenvalue weighted by Crippen LogP contribution is -2.32. The van der Waals surface area contributed by atoms with Gasteiger partial charge in [0.1, 0.15) is 0 Å². The first kappa shape index (κ1) is 12.1. The van der Waals surface area contributed by atoms with Gasteiger partial charge in [-0.25, -0.2) is 5.43 Å². The second-order valence-electron chi connectivity index (χ2n) is 3.81. The number of ether oxygens (including phenoxy) is 1. The topological polar surface area (TPSA) is 60.2 Å². The number of aryl methyl sites for hydroxylation is 1. The molecule has 0 aliphatic heterocycles. The number of nitrogens with zero attached hydrogens (tertiary/aromatic N) is 1. The molecule has 0 aromatic carbocycles. The Kier molecular flexibility index (Phi) is 4.68. The van der Waals surface area contributed by atoms with Crippen LogP contribution < -0.4 is 11.3 Å². The second kappa shape index (κ2) is 5.80. The average Bonchev–Trinajstić information content (AvgIpc) is 2.18. The fourth-order valence-electron chi connectivity index (χ4n) is 1.27. The molecule has 1 atom stereocenters. The summed E-state index contributed by atoms with van der Waals surface area (Å²) in [5.74, 6) is 5.47. The van der Waals surface area contributed by atoms with Crippen molar-refractivity contribution in [3.05, 3.63) is 29.6 Å². The van der Waals surface area contributed by atoms with Crippen LogP contribution in [0.1, 0.15) is 31.3 Å². The number of nitrogens with one attached hydrogen (secondary N) is 1. The van der Waals surface area contributed by atoms with Crippen LogP contribution in [0, 0.1) is 6.92 Å². The molecule has 4 heteroatoms. The van der Waals surface area contributed by atoms with Gasteiger partial charge in [-0.1, -0.05) is 6.07 Å². The maximum absolute atomic E-state index is 5.51. The van der Waals surface area contributed by atoms with Gasteiger partial charge in [0, 0.05) is 5.69 Å². The Morgan fingerprint density at radius 1 is 1.47 bits per heavy atom. The minimum atomic E-state index is -0.0488. The number of nitrogens with two attached hydrogens (primary N) is 1. The summed E-state index contributed by atoms with van der Waals surface area (Å²) < 4.78 is 5.51. The van der Waals surface area contributed by atoms with E-state index in [2.05, 4.69) is 10.4 Å². The molecule has 0 amide bonds. The van der Waals surface area contributed by atoms with Crippen molar-refractivity contribution >= 4 is 0 Å². The monoisotopic (exact) mass is 209 g/mol. The standard InChI is InChI=1S/C11H19N3O/c1-8(2)15-7-11(14-12)10-6-4-5-9(3)13-10/h4-6,8,11,14H,7,12H2,1-3H3. The molecule has 0 saturated carbocycles. The van der Waals surface area contributed by atoms with Crippen LogP contribution in [0.25, 0.3) is 0 Å². The van der Waals surface area contributed by atoms with E-state index in [0.717, 1.165) is 11.4 Å². The van der Waals surface area contributed by atoms with E-state index >= 15 is 0 Å². The molecule has 84 valence electrons. The highest BCUT2D eigenvalue weighted by atomic mass is 16.5. The Bertz CT molecular complexity index is 302. The Labute approximate surface area is 90.8 Å². The number of aromatic nitrogens is 1. The molecule has 0 bridgehead atoms. The van der Waals surface area contributed by atoms with Crippen LogP contribution in [0.5, 0.6) is 0 Å². The Hall–Kier alpha value is -0.970. The third kappa shape index (κ3) is 3.95. The van der Waals surface area contributed by atoms with Gasteiger partial charge >= 0.3 is 0 Å². The van der Waals surface area contributed by atoms with Gasteiger partial charge in [0.05, 0.1) is 24.4 Å². The molecule has 3 N–H and O–H groups in total. The molecule has 1 aromatic heterocycles. The van der Waals surface area contributed by atoms with E-state index in [-0.39, 0.29) is 12.1 Å². The molecule has 0 radical (unpaired) electrons. The van der Waals surface area contributed by atoms with Crippen molar-refractivity contribution in [2.24, 2.45) is 5.84 Å². The van der Waals surface area contributed by atoms with Crippen LogP contribution in [-0.2, 0) is 4.74 Å². The summed E-state index contributed by atoms with van der Waals surface area (Å²) in [6.45, 7) is 6.49. The highest BCUT2D eigenvalue weighted by Gasteiger charge is 2.11. The predicted octanol–water partition coefficient (Wildman–Crippen LogP) is 1.32. The quantitative estimate of drug-likeness (QED) is 0.567. The van der Waals surface area contributed by atoms with Crippen LogP contribution in [0.4, 0.5) is 0 Å². The highest BCUT2D eigenvalue weighted by molar-refractivity contribution is 5.13. The Balaban J connectivity index is 2.65. The van der Waals surface area contributed by atoms with E-state index in [1.54, 1.807) is 0 Å². The Morgan fingerprint density at radius 2 is 2.20 bits per heavy atom. The largest absolute Gasteiger partial charge is 0.377 e. The normalized spacial score (nSPS) is 13.1. The average molecular weight is 209 g/mol. The van der Waals surface area contributed by atoms with Crippen LogP contribution >= 0.6 is 0 Å². The number of pyridine rings is 1. The van der Waals surface area contributed by atoms with E-state index in [1.165, 1.54) is 0 Å². The fourth-order valence-corrected chi connectivity index (χ4v) is 1.27. The zero-order valence-electron chi connectivity index (χ0n) is 9.53. The molecule has 0 aliphatic rings. The molecule has 1 aromatic rings. The smallest absolute Gasteiger partial charge is 0.0865 e. The van der Waals surface area contributed by atoms with Gasteiger partial charge in [-0.05, 0) is 32.9 Å². The van der Waals surface area contributed by atoms with Gasteiger partial charge in [-0.15, -0.1) is 0 Å². The maximum Gasteiger partial charge on any atom is 0.0865 e. The summed E-state index contributed by atoms with van der Waals surface area (Å²) in [5.41, 5.74) is 4.61. The van der Waals surface area contributed by atoms with Crippen molar-refractivity contribution in [1.29, 1.82) is 0 Å². The zero-order chi connectivity index (χ0) is 11.3. The van der Waals surface area contributed by atoms with E-state index in [1.807, 2.05) is 39.0 Å². The SMILES string of the molecule is Cc1cccc(C(COC(C)C)NN)n1. The number of hydrogen-bond acceptors (Lipinski definition) is 4. The van der Waals surface area contributed by atoms with Gasteiger partial charge in [0.2, 0.25) is 0 Å². The van der Waals surface area contributed by atoms with Crippen LogP contribution in [-0.4, -0.2) is 17.7 Å². The van der Waals surface area contributed by atoms with E-state index in [0.29, 0.717) is 6.61 Å². The first-order valence-electron chi connectivity index (χ1n) is 5.14. The number of rotatable bonds is 5.